The second-order valence-electron chi connectivity index (χ2n) is 7.37. The van der Waals surface area contributed by atoms with E-state index in [1.807, 2.05) is 38.1 Å². The molecule has 136 valence electrons. The Morgan fingerprint density at radius 2 is 1.92 bits per heavy atom. The molecule has 0 radical (unpaired) electrons. The molecule has 0 aliphatic rings. The zero-order valence-corrected chi connectivity index (χ0v) is 15.6. The van der Waals surface area contributed by atoms with Crippen molar-refractivity contribution >= 4 is 5.91 Å². The summed E-state index contributed by atoms with van der Waals surface area (Å²) >= 11 is 0. The fraction of sp³-hybridized carbons (Fsp3) is 0.526. The molecule has 0 unspecified atom stereocenters. The maximum atomic E-state index is 12.5. The molecule has 1 heterocycles. The summed E-state index contributed by atoms with van der Waals surface area (Å²) in [4.78, 5) is 18.4. The van der Waals surface area contributed by atoms with Crippen molar-refractivity contribution < 1.29 is 14.4 Å². The fourth-order valence-electron chi connectivity index (χ4n) is 2.33. The third-order valence-corrected chi connectivity index (χ3v) is 3.93. The summed E-state index contributed by atoms with van der Waals surface area (Å²) in [7, 11) is 1.72. The number of benzene rings is 1. The van der Waals surface area contributed by atoms with Crippen LogP contribution in [0.4, 0.5) is 0 Å². The van der Waals surface area contributed by atoms with Crippen LogP contribution in [0.3, 0.4) is 0 Å². The molecule has 0 aliphatic heterocycles. The Balaban J connectivity index is 1.96. The Kier molecular flexibility index (Phi) is 5.95. The van der Waals surface area contributed by atoms with Crippen molar-refractivity contribution in [3.05, 3.63) is 47.1 Å². The van der Waals surface area contributed by atoms with Crippen molar-refractivity contribution in [1.82, 2.24) is 15.0 Å². The molecule has 1 aromatic heterocycles. The van der Waals surface area contributed by atoms with Crippen LogP contribution < -0.4 is 0 Å². The van der Waals surface area contributed by atoms with Crippen LogP contribution in [-0.2, 0) is 13.0 Å². The van der Waals surface area contributed by atoms with Gasteiger partial charge in [0.15, 0.2) is 5.82 Å². The number of hydrogen-bond donors (Lipinski definition) is 1. The van der Waals surface area contributed by atoms with Crippen molar-refractivity contribution in [2.75, 3.05) is 7.05 Å². The van der Waals surface area contributed by atoms with Gasteiger partial charge in [0, 0.05) is 18.5 Å². The molecule has 0 saturated carbocycles. The van der Waals surface area contributed by atoms with Crippen molar-refractivity contribution in [1.29, 1.82) is 0 Å². The van der Waals surface area contributed by atoms with E-state index in [4.69, 9.17) is 4.52 Å². The predicted molar refractivity (Wildman–Crippen MR) is 95.2 cm³/mol. The Labute approximate surface area is 148 Å². The lowest BCUT2D eigenvalue weighted by Gasteiger charge is -2.17. The van der Waals surface area contributed by atoms with Gasteiger partial charge in [0.1, 0.15) is 0 Å². The van der Waals surface area contributed by atoms with E-state index in [0.717, 1.165) is 12.0 Å². The molecule has 0 aliphatic carbocycles. The molecule has 0 spiro atoms. The van der Waals surface area contributed by atoms with Crippen LogP contribution in [0.2, 0.25) is 0 Å². The minimum absolute atomic E-state index is 0.0927. The first-order chi connectivity index (χ1) is 11.7. The van der Waals surface area contributed by atoms with Gasteiger partial charge in [-0.3, -0.25) is 4.79 Å². The summed E-state index contributed by atoms with van der Waals surface area (Å²) in [6, 6.07) is 7.48. The lowest BCUT2D eigenvalue weighted by Crippen LogP contribution is -2.26. The highest BCUT2D eigenvalue weighted by Crippen LogP contribution is 2.15. The SMILES string of the molecule is CC(C)c1nc(CN(C)C(=O)c2ccc(CCC(C)(C)O)cc2)no1. The molecular weight excluding hydrogens is 318 g/mol. The van der Waals surface area contributed by atoms with Gasteiger partial charge >= 0.3 is 0 Å². The van der Waals surface area contributed by atoms with Gasteiger partial charge in [-0.25, -0.2) is 0 Å². The second kappa shape index (κ2) is 7.78. The number of carbonyl (C=O) groups excluding carboxylic acids is 1. The number of aromatic nitrogens is 2. The second-order valence-corrected chi connectivity index (χ2v) is 7.37. The van der Waals surface area contributed by atoms with Crippen LogP contribution in [0, 0.1) is 0 Å². The Morgan fingerprint density at radius 3 is 2.44 bits per heavy atom. The van der Waals surface area contributed by atoms with Gasteiger partial charge in [-0.05, 0) is 44.4 Å². The van der Waals surface area contributed by atoms with Crippen LogP contribution >= 0.6 is 0 Å². The van der Waals surface area contributed by atoms with Gasteiger partial charge in [0.25, 0.3) is 5.91 Å². The van der Waals surface area contributed by atoms with Crippen molar-refractivity contribution in [3.63, 3.8) is 0 Å². The van der Waals surface area contributed by atoms with E-state index in [0.29, 0.717) is 30.2 Å². The van der Waals surface area contributed by atoms with Crippen LogP contribution in [0.15, 0.2) is 28.8 Å². The fourth-order valence-corrected chi connectivity index (χ4v) is 2.33. The number of hydrogen-bond acceptors (Lipinski definition) is 5. The lowest BCUT2D eigenvalue weighted by molar-refractivity contribution is 0.0712. The van der Waals surface area contributed by atoms with Gasteiger partial charge in [-0.15, -0.1) is 0 Å². The Bertz CT molecular complexity index is 699. The largest absolute Gasteiger partial charge is 0.390 e. The van der Waals surface area contributed by atoms with Gasteiger partial charge in [-0.2, -0.15) is 4.98 Å². The highest BCUT2D eigenvalue weighted by molar-refractivity contribution is 5.94. The van der Waals surface area contributed by atoms with E-state index >= 15 is 0 Å². The van der Waals surface area contributed by atoms with Gasteiger partial charge in [-0.1, -0.05) is 31.1 Å². The number of carbonyl (C=O) groups is 1. The molecule has 2 rings (SSSR count). The normalized spacial score (nSPS) is 11.8. The van der Waals surface area contributed by atoms with E-state index in [1.54, 1.807) is 25.8 Å². The van der Waals surface area contributed by atoms with E-state index in [9.17, 15) is 9.90 Å². The maximum absolute atomic E-state index is 12.5. The molecule has 1 aromatic carbocycles. The smallest absolute Gasteiger partial charge is 0.254 e. The molecule has 0 saturated heterocycles. The van der Waals surface area contributed by atoms with Gasteiger partial charge in [0.2, 0.25) is 5.89 Å². The van der Waals surface area contributed by atoms with Crippen LogP contribution in [-0.4, -0.2) is 38.7 Å². The van der Waals surface area contributed by atoms with E-state index in [1.165, 1.54) is 0 Å². The number of aryl methyl sites for hydroxylation is 1. The first-order valence-electron chi connectivity index (χ1n) is 8.55. The summed E-state index contributed by atoms with van der Waals surface area (Å²) < 4.78 is 5.16. The monoisotopic (exact) mass is 345 g/mol. The third-order valence-electron chi connectivity index (χ3n) is 3.93. The molecular formula is C19H27N3O3. The molecule has 0 bridgehead atoms. The Morgan fingerprint density at radius 1 is 1.28 bits per heavy atom. The van der Waals surface area contributed by atoms with Crippen molar-refractivity contribution in [3.8, 4) is 0 Å². The molecule has 6 heteroatoms. The maximum Gasteiger partial charge on any atom is 0.254 e. The minimum atomic E-state index is -0.686. The third kappa shape index (κ3) is 5.67. The number of aliphatic hydroxyl groups is 1. The van der Waals surface area contributed by atoms with Gasteiger partial charge < -0.3 is 14.5 Å². The molecule has 0 atom stereocenters. The molecule has 25 heavy (non-hydrogen) atoms. The van der Waals surface area contributed by atoms with E-state index < -0.39 is 5.60 Å². The summed E-state index contributed by atoms with van der Waals surface area (Å²) in [5, 5.41) is 13.7. The average molecular weight is 345 g/mol. The van der Waals surface area contributed by atoms with Crippen LogP contribution in [0.25, 0.3) is 0 Å². The summed E-state index contributed by atoms with van der Waals surface area (Å²) in [6.07, 6.45) is 1.45. The van der Waals surface area contributed by atoms with Crippen LogP contribution in [0.1, 0.15) is 67.7 Å². The highest BCUT2D eigenvalue weighted by Gasteiger charge is 2.17. The first kappa shape index (κ1) is 19.1. The summed E-state index contributed by atoms with van der Waals surface area (Å²) in [5.74, 6) is 1.15. The topological polar surface area (TPSA) is 79.5 Å². The standard InChI is InChI=1S/C19H27N3O3/c1-13(2)17-20-16(21-25-17)12-22(5)18(23)15-8-6-14(7-9-15)10-11-19(3,4)24/h6-9,13,24H,10-12H2,1-5H3. The average Bonchev–Trinajstić information content (AvgIpc) is 3.01. The first-order valence-corrected chi connectivity index (χ1v) is 8.55. The van der Waals surface area contributed by atoms with Crippen molar-refractivity contribution in [2.45, 2.75) is 58.6 Å². The molecule has 1 amide bonds. The molecule has 1 N–H and O–H groups in total. The van der Waals surface area contributed by atoms with E-state index in [2.05, 4.69) is 10.1 Å². The lowest BCUT2D eigenvalue weighted by atomic mass is 9.98. The predicted octanol–water partition coefficient (Wildman–Crippen LogP) is 3.17. The summed E-state index contributed by atoms with van der Waals surface area (Å²) in [6.45, 7) is 7.84. The molecule has 0 fully saturated rings. The van der Waals surface area contributed by atoms with Gasteiger partial charge in [0.05, 0.1) is 12.1 Å². The van der Waals surface area contributed by atoms with E-state index in [-0.39, 0.29) is 11.8 Å². The highest BCUT2D eigenvalue weighted by atomic mass is 16.5. The van der Waals surface area contributed by atoms with Crippen LogP contribution in [0.5, 0.6) is 0 Å². The number of amides is 1. The minimum Gasteiger partial charge on any atom is -0.390 e. The zero-order chi connectivity index (χ0) is 18.6. The Hall–Kier alpha value is -2.21. The molecule has 2 aromatic rings. The van der Waals surface area contributed by atoms with Crippen molar-refractivity contribution in [2.24, 2.45) is 0 Å². The zero-order valence-electron chi connectivity index (χ0n) is 15.6. The summed E-state index contributed by atoms with van der Waals surface area (Å²) in [5.41, 5.74) is 1.02. The molecule has 6 nitrogen and oxygen atoms in total. The number of nitrogens with zero attached hydrogens (tertiary/aromatic N) is 3. The number of rotatable bonds is 7. The quantitative estimate of drug-likeness (QED) is 0.834.